The fourth-order valence-electron chi connectivity index (χ4n) is 1.57. The van der Waals surface area contributed by atoms with Crippen LogP contribution in [0.1, 0.15) is 11.1 Å². The highest BCUT2D eigenvalue weighted by molar-refractivity contribution is 7.67. The van der Waals surface area contributed by atoms with Crippen molar-refractivity contribution < 1.29 is 12.6 Å². The van der Waals surface area contributed by atoms with Crippen molar-refractivity contribution in [3.63, 3.8) is 0 Å². The second kappa shape index (κ2) is 6.06. The largest absolute Gasteiger partial charge is 0.399 e. The molecule has 0 heterocycles. The summed E-state index contributed by atoms with van der Waals surface area (Å²) >= 11 is 0. The third kappa shape index (κ3) is 3.86. The van der Waals surface area contributed by atoms with E-state index < -0.39 is 11.0 Å². The van der Waals surface area contributed by atoms with E-state index in [0.717, 1.165) is 5.56 Å². The summed E-state index contributed by atoms with van der Waals surface area (Å²) in [7, 11) is -2.91. The number of nitrogen functional groups attached to an aromatic ring is 1. The second-order valence-corrected chi connectivity index (χ2v) is 4.48. The lowest BCUT2D eigenvalue weighted by atomic mass is 10.1. The van der Waals surface area contributed by atoms with E-state index in [0.29, 0.717) is 17.0 Å². The van der Waals surface area contributed by atoms with Crippen molar-refractivity contribution in [2.75, 3.05) is 5.73 Å². The van der Waals surface area contributed by atoms with Crippen molar-refractivity contribution in [3.05, 3.63) is 59.7 Å². The lowest BCUT2D eigenvalue weighted by Crippen LogP contribution is -1.91. The van der Waals surface area contributed by atoms with Gasteiger partial charge in [0.2, 0.25) is 0 Å². The molecule has 2 aromatic rings. The number of benzene rings is 2. The van der Waals surface area contributed by atoms with E-state index in [-0.39, 0.29) is 0 Å². The average molecular weight is 275 g/mol. The first kappa shape index (κ1) is 13.2. The Morgan fingerprint density at radius 1 is 0.947 bits per heavy atom. The maximum absolute atomic E-state index is 10.6. The van der Waals surface area contributed by atoms with Crippen LogP contribution in [0.3, 0.4) is 0 Å². The van der Waals surface area contributed by atoms with Crippen LogP contribution in [-0.2, 0) is 11.0 Å². The molecule has 0 atom stereocenters. The van der Waals surface area contributed by atoms with E-state index in [1.807, 2.05) is 24.3 Å². The molecule has 0 unspecified atom stereocenters. The van der Waals surface area contributed by atoms with Gasteiger partial charge in [-0.2, -0.15) is 8.42 Å². The summed E-state index contributed by atoms with van der Waals surface area (Å²) in [6.45, 7) is 0. The van der Waals surface area contributed by atoms with E-state index in [9.17, 15) is 8.42 Å². The van der Waals surface area contributed by atoms with Gasteiger partial charge < -0.3 is 9.92 Å². The van der Waals surface area contributed by atoms with Crippen LogP contribution in [-0.4, -0.2) is 8.42 Å². The zero-order valence-corrected chi connectivity index (χ0v) is 10.9. The Balaban J connectivity index is 2.25. The average Bonchev–Trinajstić information content (AvgIpc) is 2.39. The van der Waals surface area contributed by atoms with Gasteiger partial charge in [-0.1, -0.05) is 42.5 Å². The number of nitrogens with two attached hydrogens (primary N) is 1. The molecule has 19 heavy (non-hydrogen) atoms. The first-order chi connectivity index (χ1) is 9.15. The van der Waals surface area contributed by atoms with Gasteiger partial charge in [0.1, 0.15) is 5.75 Å². The summed E-state index contributed by atoms with van der Waals surface area (Å²) < 4.78 is 26.0. The van der Waals surface area contributed by atoms with Crippen molar-refractivity contribution in [2.24, 2.45) is 0 Å². The molecule has 0 bridgehead atoms. The molecule has 2 N–H and O–H groups in total. The molecule has 0 amide bonds. The highest BCUT2D eigenvalue weighted by atomic mass is 32.2. The molecule has 98 valence electrons. The second-order valence-electron chi connectivity index (χ2n) is 3.85. The van der Waals surface area contributed by atoms with Crippen LogP contribution in [0.2, 0.25) is 0 Å². The minimum Gasteiger partial charge on any atom is -0.399 e. The van der Waals surface area contributed by atoms with Crippen molar-refractivity contribution in [3.8, 4) is 5.75 Å². The summed E-state index contributed by atoms with van der Waals surface area (Å²) in [6, 6.07) is 14.3. The van der Waals surface area contributed by atoms with Crippen LogP contribution in [0.4, 0.5) is 5.69 Å². The molecular formula is C14H13NO3S. The minimum atomic E-state index is -2.91. The predicted octanol–water partition coefficient (Wildman–Crippen LogP) is 2.34. The topological polar surface area (TPSA) is 69.4 Å². The summed E-state index contributed by atoms with van der Waals surface area (Å²) in [4.78, 5) is 0. The smallest absolute Gasteiger partial charge is 0.299 e. The van der Waals surface area contributed by atoms with E-state index in [1.54, 1.807) is 36.4 Å². The standard InChI is InChI=1S/C14H13NO3S/c15-13-9-6-11(7-10-13)5-8-12-3-1-2-4-14(12)18-19(16)17/h1-10,19H,15H2. The van der Waals surface area contributed by atoms with E-state index in [1.165, 1.54) is 0 Å². The molecule has 0 radical (unpaired) electrons. The molecule has 2 aromatic carbocycles. The zero-order valence-electron chi connectivity index (χ0n) is 10.0. The van der Waals surface area contributed by atoms with Gasteiger partial charge in [-0.05, 0) is 23.8 Å². The molecule has 0 spiro atoms. The maximum Gasteiger partial charge on any atom is 0.299 e. The number of thiol groups is 1. The molecule has 0 saturated heterocycles. The summed E-state index contributed by atoms with van der Waals surface area (Å²) in [5, 5.41) is 0. The van der Waals surface area contributed by atoms with Gasteiger partial charge >= 0.3 is 0 Å². The van der Waals surface area contributed by atoms with Crippen LogP contribution in [0.5, 0.6) is 5.75 Å². The molecule has 0 aliphatic rings. The molecule has 0 fully saturated rings. The van der Waals surface area contributed by atoms with Crippen LogP contribution in [0.25, 0.3) is 12.2 Å². The predicted molar refractivity (Wildman–Crippen MR) is 77.2 cm³/mol. The maximum atomic E-state index is 10.6. The van der Waals surface area contributed by atoms with Crippen molar-refractivity contribution in [1.82, 2.24) is 0 Å². The fraction of sp³-hybridized carbons (Fsp3) is 0. The minimum absolute atomic E-state index is 0.310. The Hall–Kier alpha value is -2.27. The van der Waals surface area contributed by atoms with Crippen LogP contribution >= 0.6 is 0 Å². The van der Waals surface area contributed by atoms with Gasteiger partial charge in [0.05, 0.1) is 0 Å². The number of rotatable bonds is 4. The molecular weight excluding hydrogens is 262 g/mol. The number of para-hydroxylation sites is 1. The van der Waals surface area contributed by atoms with Crippen molar-refractivity contribution >= 4 is 28.8 Å². The van der Waals surface area contributed by atoms with E-state index in [4.69, 9.17) is 9.92 Å². The van der Waals surface area contributed by atoms with Gasteiger partial charge in [-0.25, -0.2) is 0 Å². The molecule has 2 rings (SSSR count). The van der Waals surface area contributed by atoms with Gasteiger partial charge in [0.15, 0.2) is 0 Å². The summed E-state index contributed by atoms with van der Waals surface area (Å²) in [6.07, 6.45) is 3.65. The van der Waals surface area contributed by atoms with Crippen LogP contribution in [0, 0.1) is 0 Å². The molecule has 0 aliphatic carbocycles. The first-order valence-corrected chi connectivity index (χ1v) is 6.70. The zero-order chi connectivity index (χ0) is 13.7. The van der Waals surface area contributed by atoms with E-state index >= 15 is 0 Å². The Morgan fingerprint density at radius 2 is 1.63 bits per heavy atom. The third-order valence-electron chi connectivity index (χ3n) is 2.48. The lowest BCUT2D eigenvalue weighted by molar-refractivity contribution is 0.510. The van der Waals surface area contributed by atoms with Crippen LogP contribution in [0.15, 0.2) is 48.5 Å². The number of hydrogen-bond acceptors (Lipinski definition) is 4. The Kier molecular flexibility index (Phi) is 4.20. The normalized spacial score (nSPS) is 11.0. The van der Waals surface area contributed by atoms with Crippen LogP contribution < -0.4 is 9.92 Å². The van der Waals surface area contributed by atoms with Crippen molar-refractivity contribution in [1.29, 1.82) is 0 Å². The molecule has 0 saturated carbocycles. The molecule has 4 nitrogen and oxygen atoms in total. The first-order valence-electron chi connectivity index (χ1n) is 5.60. The third-order valence-corrected chi connectivity index (χ3v) is 2.83. The van der Waals surface area contributed by atoms with Gasteiger partial charge in [0, 0.05) is 11.3 Å². The van der Waals surface area contributed by atoms with E-state index in [2.05, 4.69) is 0 Å². The number of hydrogen-bond donors (Lipinski definition) is 2. The van der Waals surface area contributed by atoms with Gasteiger partial charge in [-0.3, -0.25) is 0 Å². The fourth-order valence-corrected chi connectivity index (χ4v) is 1.90. The SMILES string of the molecule is Nc1ccc(C=Cc2ccccc2O[SH](=O)=O)cc1. The molecule has 0 aliphatic heterocycles. The number of anilines is 1. The highest BCUT2D eigenvalue weighted by Gasteiger charge is 2.00. The van der Waals surface area contributed by atoms with Gasteiger partial charge in [-0.15, -0.1) is 0 Å². The molecule has 5 heteroatoms. The monoisotopic (exact) mass is 275 g/mol. The Bertz CT molecular complexity index is 653. The Morgan fingerprint density at radius 3 is 2.32 bits per heavy atom. The lowest BCUT2D eigenvalue weighted by Gasteiger charge is -2.02. The van der Waals surface area contributed by atoms with Gasteiger partial charge in [0.25, 0.3) is 11.0 Å². The summed E-state index contributed by atoms with van der Waals surface area (Å²) in [5.74, 6) is 0.310. The Labute approximate surface area is 113 Å². The quantitative estimate of drug-likeness (QED) is 0.510. The summed E-state index contributed by atoms with van der Waals surface area (Å²) in [5.41, 5.74) is 7.96. The highest BCUT2D eigenvalue weighted by Crippen LogP contribution is 2.21. The van der Waals surface area contributed by atoms with Crippen molar-refractivity contribution in [2.45, 2.75) is 0 Å². The molecule has 0 aromatic heterocycles.